The molecule has 0 saturated carbocycles. The van der Waals surface area contributed by atoms with Crippen LogP contribution in [0.2, 0.25) is 0 Å². The van der Waals surface area contributed by atoms with Gasteiger partial charge in [0.2, 0.25) is 0 Å². The highest BCUT2D eigenvalue weighted by Gasteiger charge is 2.22. The Bertz CT molecular complexity index is 3250. The average Bonchev–Trinajstić information content (AvgIpc) is 3.69. The normalized spacial score (nSPS) is 11.4. The molecule has 0 saturated heterocycles. The van der Waals surface area contributed by atoms with Gasteiger partial charge in [0.15, 0.2) is 0 Å². The molecule has 0 spiro atoms. The maximum absolute atomic E-state index is 6.89. The second kappa shape index (κ2) is 14.1. The molecule has 1 heterocycles. The van der Waals surface area contributed by atoms with Crippen LogP contribution in [-0.2, 0) is 0 Å². The lowest BCUT2D eigenvalue weighted by atomic mass is 9.92. The molecule has 0 N–H and O–H groups in total. The molecule has 0 aliphatic carbocycles. The van der Waals surface area contributed by atoms with Gasteiger partial charge in [0.25, 0.3) is 0 Å². The molecule has 272 valence electrons. The molecule has 2 nitrogen and oxygen atoms in total. The van der Waals surface area contributed by atoms with Gasteiger partial charge >= 0.3 is 0 Å². The van der Waals surface area contributed by atoms with E-state index in [0.29, 0.717) is 0 Å². The predicted octanol–water partition coefficient (Wildman–Crippen LogP) is 16.0. The summed E-state index contributed by atoms with van der Waals surface area (Å²) in [6.07, 6.45) is 0. The van der Waals surface area contributed by atoms with Crippen LogP contribution in [0, 0.1) is 0 Å². The lowest BCUT2D eigenvalue weighted by Gasteiger charge is -2.27. The van der Waals surface area contributed by atoms with E-state index in [1.165, 1.54) is 55.1 Å². The summed E-state index contributed by atoms with van der Waals surface area (Å²) in [6.45, 7) is 0. The maximum atomic E-state index is 6.89. The van der Waals surface area contributed by atoms with E-state index in [0.717, 1.165) is 50.0 Å². The summed E-state index contributed by atoms with van der Waals surface area (Å²) < 4.78 is 6.89. The van der Waals surface area contributed by atoms with Gasteiger partial charge in [0.1, 0.15) is 11.2 Å². The number of hydrogen-bond acceptors (Lipinski definition) is 2. The van der Waals surface area contributed by atoms with E-state index in [4.69, 9.17) is 4.42 Å². The van der Waals surface area contributed by atoms with Crippen molar-refractivity contribution in [1.29, 1.82) is 0 Å². The van der Waals surface area contributed by atoms with Crippen molar-refractivity contribution in [2.45, 2.75) is 0 Å². The van der Waals surface area contributed by atoms with Crippen molar-refractivity contribution in [2.24, 2.45) is 0 Å². The van der Waals surface area contributed by atoms with Gasteiger partial charge in [-0.3, -0.25) is 0 Å². The summed E-state index contributed by atoms with van der Waals surface area (Å²) in [5.41, 5.74) is 14.5. The van der Waals surface area contributed by atoms with E-state index in [1.807, 2.05) is 0 Å². The molecule has 0 bridgehead atoms. The van der Waals surface area contributed by atoms with Crippen LogP contribution in [0.1, 0.15) is 0 Å². The SMILES string of the molecule is c1ccc(-c2ccc(-c3ccc(N(c4cccc(-c5ccccc5)c4)c4cccc5oc6c7ccccc7c(-c7cccc8ccccc78)cc6c45)cc3)cc2)cc1. The van der Waals surface area contributed by atoms with Crippen LogP contribution in [0.4, 0.5) is 17.1 Å². The lowest BCUT2D eigenvalue weighted by molar-refractivity contribution is 0.672. The third kappa shape index (κ3) is 5.82. The minimum Gasteiger partial charge on any atom is -0.455 e. The maximum Gasteiger partial charge on any atom is 0.143 e. The van der Waals surface area contributed by atoms with Crippen LogP contribution < -0.4 is 4.90 Å². The van der Waals surface area contributed by atoms with E-state index in [-0.39, 0.29) is 0 Å². The Hall–Kier alpha value is -7.68. The molecule has 0 aliphatic rings. The third-order valence-corrected chi connectivity index (χ3v) is 11.5. The van der Waals surface area contributed by atoms with Crippen molar-refractivity contribution in [3.63, 3.8) is 0 Å². The molecule has 0 amide bonds. The lowest BCUT2D eigenvalue weighted by Crippen LogP contribution is -2.10. The van der Waals surface area contributed by atoms with Crippen molar-refractivity contribution in [3.8, 4) is 44.5 Å². The van der Waals surface area contributed by atoms with Crippen LogP contribution in [0.15, 0.2) is 229 Å². The van der Waals surface area contributed by atoms with Gasteiger partial charge in [0.05, 0.1) is 11.1 Å². The Kier molecular flexibility index (Phi) is 8.19. The highest BCUT2D eigenvalue weighted by atomic mass is 16.3. The van der Waals surface area contributed by atoms with Crippen LogP contribution in [0.25, 0.3) is 88.0 Å². The number of hydrogen-bond donors (Lipinski definition) is 0. The molecule has 10 aromatic carbocycles. The Balaban J connectivity index is 1.11. The zero-order chi connectivity index (χ0) is 38.4. The zero-order valence-electron chi connectivity index (χ0n) is 31.7. The van der Waals surface area contributed by atoms with Gasteiger partial charge in [-0.15, -0.1) is 0 Å². The van der Waals surface area contributed by atoms with E-state index in [9.17, 15) is 0 Å². The number of benzene rings is 10. The first-order valence-electron chi connectivity index (χ1n) is 19.8. The van der Waals surface area contributed by atoms with Crippen LogP contribution >= 0.6 is 0 Å². The largest absolute Gasteiger partial charge is 0.455 e. The Morgan fingerprint density at radius 1 is 0.310 bits per heavy atom. The fourth-order valence-electron chi connectivity index (χ4n) is 8.67. The number of fused-ring (bicyclic) bond motifs is 6. The molecule has 0 unspecified atom stereocenters. The fraction of sp³-hybridized carbons (Fsp3) is 0. The van der Waals surface area contributed by atoms with Gasteiger partial charge in [-0.05, 0) is 103 Å². The summed E-state index contributed by atoms with van der Waals surface area (Å²) in [4.78, 5) is 2.39. The number of anilines is 3. The smallest absolute Gasteiger partial charge is 0.143 e. The fourth-order valence-corrected chi connectivity index (χ4v) is 8.67. The van der Waals surface area contributed by atoms with E-state index in [1.54, 1.807) is 0 Å². The first-order chi connectivity index (χ1) is 28.8. The molecule has 0 aliphatic heterocycles. The number of nitrogens with zero attached hydrogens (tertiary/aromatic N) is 1. The summed E-state index contributed by atoms with van der Waals surface area (Å²) in [5, 5.41) is 6.90. The van der Waals surface area contributed by atoms with E-state index >= 15 is 0 Å². The van der Waals surface area contributed by atoms with Crippen molar-refractivity contribution in [2.75, 3.05) is 4.90 Å². The molecule has 11 aromatic rings. The minimum absolute atomic E-state index is 0.854. The number of furan rings is 1. The first kappa shape index (κ1) is 33.6. The zero-order valence-corrected chi connectivity index (χ0v) is 31.7. The van der Waals surface area contributed by atoms with Gasteiger partial charge in [-0.25, -0.2) is 0 Å². The predicted molar refractivity (Wildman–Crippen MR) is 245 cm³/mol. The summed E-state index contributed by atoms with van der Waals surface area (Å²) >= 11 is 0. The van der Waals surface area contributed by atoms with Crippen molar-refractivity contribution in [1.82, 2.24) is 0 Å². The van der Waals surface area contributed by atoms with Crippen molar-refractivity contribution in [3.05, 3.63) is 224 Å². The third-order valence-electron chi connectivity index (χ3n) is 11.5. The van der Waals surface area contributed by atoms with Crippen LogP contribution in [0.5, 0.6) is 0 Å². The standard InChI is InChI=1S/C56H37NO/c1-3-14-38(15-4-1)40-28-30-41(31-29-40)42-32-34-45(35-33-42)57(46-21-11-20-44(36-46)39-16-5-2-6-17-39)53-26-13-27-54-55(53)52-37-51(49-23-9-10-24-50(49)56(52)58-54)48-25-12-19-43-18-7-8-22-47(43)48/h1-37H. The van der Waals surface area contributed by atoms with E-state index in [2.05, 4.69) is 229 Å². The average molecular weight is 740 g/mol. The summed E-state index contributed by atoms with van der Waals surface area (Å²) in [6, 6.07) is 80.5. The monoisotopic (exact) mass is 739 g/mol. The Morgan fingerprint density at radius 2 is 0.845 bits per heavy atom. The highest BCUT2D eigenvalue weighted by molar-refractivity contribution is 6.23. The molecule has 2 heteroatoms. The number of rotatable bonds is 7. The molecular formula is C56H37NO. The van der Waals surface area contributed by atoms with Crippen molar-refractivity contribution >= 4 is 60.5 Å². The van der Waals surface area contributed by atoms with Crippen LogP contribution in [-0.4, -0.2) is 0 Å². The molecule has 0 radical (unpaired) electrons. The second-order valence-electron chi connectivity index (χ2n) is 14.9. The molecular weight excluding hydrogens is 703 g/mol. The van der Waals surface area contributed by atoms with Gasteiger partial charge in [-0.1, -0.05) is 182 Å². The summed E-state index contributed by atoms with van der Waals surface area (Å²) in [7, 11) is 0. The first-order valence-corrected chi connectivity index (χ1v) is 19.8. The molecule has 11 rings (SSSR count). The van der Waals surface area contributed by atoms with Gasteiger partial charge < -0.3 is 9.32 Å². The van der Waals surface area contributed by atoms with Crippen molar-refractivity contribution < 1.29 is 4.42 Å². The Morgan fingerprint density at radius 3 is 1.57 bits per heavy atom. The molecule has 0 fully saturated rings. The quantitative estimate of drug-likeness (QED) is 0.162. The van der Waals surface area contributed by atoms with E-state index < -0.39 is 0 Å². The van der Waals surface area contributed by atoms with Gasteiger partial charge in [0, 0.05) is 22.1 Å². The molecule has 1 aromatic heterocycles. The van der Waals surface area contributed by atoms with Gasteiger partial charge in [-0.2, -0.15) is 0 Å². The van der Waals surface area contributed by atoms with Crippen LogP contribution in [0.3, 0.4) is 0 Å². The molecule has 0 atom stereocenters. The minimum atomic E-state index is 0.854. The molecule has 58 heavy (non-hydrogen) atoms. The second-order valence-corrected chi connectivity index (χ2v) is 14.9. The summed E-state index contributed by atoms with van der Waals surface area (Å²) in [5.74, 6) is 0. The Labute approximate surface area is 337 Å². The highest BCUT2D eigenvalue weighted by Crippen LogP contribution is 2.47. The topological polar surface area (TPSA) is 16.4 Å².